The molecule has 1 saturated heterocycles. The average molecular weight is 170 g/mol. The van der Waals surface area contributed by atoms with Crippen molar-refractivity contribution in [3.05, 3.63) is 0 Å². The topological polar surface area (TPSA) is 58.2 Å². The Bertz CT molecular complexity index is 227. The number of rotatable bonds is 2. The summed E-state index contributed by atoms with van der Waals surface area (Å²) in [6.45, 7) is 5.69. The molecular formula is C8H14N2O2. The van der Waals surface area contributed by atoms with E-state index in [0.717, 1.165) is 6.42 Å². The van der Waals surface area contributed by atoms with Gasteiger partial charge in [-0.25, -0.2) is 4.79 Å². The molecule has 2 N–H and O–H groups in total. The van der Waals surface area contributed by atoms with E-state index in [0.29, 0.717) is 0 Å². The first-order valence-corrected chi connectivity index (χ1v) is 4.14. The molecule has 1 aliphatic heterocycles. The van der Waals surface area contributed by atoms with E-state index < -0.39 is 5.54 Å². The molecule has 2 unspecified atom stereocenters. The summed E-state index contributed by atoms with van der Waals surface area (Å²) in [5.74, 6) is -0.0641. The summed E-state index contributed by atoms with van der Waals surface area (Å²) >= 11 is 0. The maximum atomic E-state index is 11.3. The second-order valence-corrected chi connectivity index (χ2v) is 3.42. The number of amides is 3. The fourth-order valence-corrected chi connectivity index (χ4v) is 1.31. The Kier molecular flexibility index (Phi) is 2.08. The van der Waals surface area contributed by atoms with Gasteiger partial charge in [-0.15, -0.1) is 0 Å². The van der Waals surface area contributed by atoms with E-state index in [1.807, 2.05) is 13.8 Å². The van der Waals surface area contributed by atoms with Crippen molar-refractivity contribution in [1.29, 1.82) is 0 Å². The van der Waals surface area contributed by atoms with E-state index in [4.69, 9.17) is 0 Å². The number of carbonyl (C=O) groups is 2. The van der Waals surface area contributed by atoms with Crippen molar-refractivity contribution in [3.8, 4) is 0 Å². The third-order valence-electron chi connectivity index (χ3n) is 2.67. The van der Waals surface area contributed by atoms with Crippen molar-refractivity contribution >= 4 is 11.9 Å². The van der Waals surface area contributed by atoms with Gasteiger partial charge in [0.2, 0.25) is 0 Å². The Hall–Kier alpha value is -1.06. The Labute approximate surface area is 71.7 Å². The summed E-state index contributed by atoms with van der Waals surface area (Å²) < 4.78 is 0. The molecule has 2 atom stereocenters. The molecule has 3 amide bonds. The van der Waals surface area contributed by atoms with Crippen LogP contribution in [-0.2, 0) is 4.79 Å². The van der Waals surface area contributed by atoms with Crippen LogP contribution in [0.2, 0.25) is 0 Å². The number of nitrogens with one attached hydrogen (secondary N) is 2. The van der Waals surface area contributed by atoms with Crippen LogP contribution in [0.15, 0.2) is 0 Å². The molecule has 0 aromatic carbocycles. The van der Waals surface area contributed by atoms with Gasteiger partial charge < -0.3 is 5.32 Å². The molecule has 4 heteroatoms. The first-order chi connectivity index (χ1) is 5.50. The zero-order chi connectivity index (χ0) is 9.35. The standard InChI is InChI=1S/C8H14N2O2/c1-4-5(2)8(3)6(11)9-7(12)10-8/h5H,4H2,1-3H3,(H2,9,10,11,12). The number of imide groups is 1. The average Bonchev–Trinajstić information content (AvgIpc) is 2.26. The zero-order valence-corrected chi connectivity index (χ0v) is 7.60. The van der Waals surface area contributed by atoms with Gasteiger partial charge in [0, 0.05) is 0 Å². The van der Waals surface area contributed by atoms with Crippen molar-refractivity contribution in [2.24, 2.45) is 5.92 Å². The van der Waals surface area contributed by atoms with Gasteiger partial charge in [0.1, 0.15) is 5.54 Å². The lowest BCUT2D eigenvalue weighted by molar-refractivity contribution is -0.125. The van der Waals surface area contributed by atoms with Gasteiger partial charge in [-0.1, -0.05) is 20.3 Å². The molecule has 68 valence electrons. The second-order valence-electron chi connectivity index (χ2n) is 3.42. The maximum absolute atomic E-state index is 11.3. The predicted molar refractivity (Wildman–Crippen MR) is 44.5 cm³/mol. The van der Waals surface area contributed by atoms with Crippen LogP contribution in [0.1, 0.15) is 27.2 Å². The van der Waals surface area contributed by atoms with Gasteiger partial charge >= 0.3 is 6.03 Å². The van der Waals surface area contributed by atoms with Crippen LogP contribution in [0.5, 0.6) is 0 Å². The van der Waals surface area contributed by atoms with Crippen LogP contribution in [-0.4, -0.2) is 17.5 Å². The highest BCUT2D eigenvalue weighted by atomic mass is 16.2. The molecule has 0 aromatic heterocycles. The molecule has 0 spiro atoms. The first-order valence-electron chi connectivity index (χ1n) is 4.14. The minimum atomic E-state index is -0.716. The van der Waals surface area contributed by atoms with Crippen molar-refractivity contribution in [2.45, 2.75) is 32.7 Å². The van der Waals surface area contributed by atoms with Crippen molar-refractivity contribution in [1.82, 2.24) is 10.6 Å². The number of hydrogen-bond donors (Lipinski definition) is 2. The van der Waals surface area contributed by atoms with E-state index in [9.17, 15) is 9.59 Å². The van der Waals surface area contributed by atoms with E-state index >= 15 is 0 Å². The molecule has 1 heterocycles. The lowest BCUT2D eigenvalue weighted by Gasteiger charge is -2.26. The molecule has 0 saturated carbocycles. The van der Waals surface area contributed by atoms with E-state index in [1.54, 1.807) is 6.92 Å². The monoisotopic (exact) mass is 170 g/mol. The summed E-state index contributed by atoms with van der Waals surface area (Å²) in [4.78, 5) is 22.2. The summed E-state index contributed by atoms with van der Waals surface area (Å²) in [5, 5.41) is 4.86. The SMILES string of the molecule is CCC(C)C1(C)NC(=O)NC1=O. The quantitative estimate of drug-likeness (QED) is 0.597. The fourth-order valence-electron chi connectivity index (χ4n) is 1.31. The van der Waals surface area contributed by atoms with Crippen LogP contribution in [0.3, 0.4) is 0 Å². The molecule has 12 heavy (non-hydrogen) atoms. The van der Waals surface area contributed by atoms with Crippen LogP contribution >= 0.6 is 0 Å². The van der Waals surface area contributed by atoms with Gasteiger partial charge in [-0.05, 0) is 12.8 Å². The first kappa shape index (κ1) is 9.03. The smallest absolute Gasteiger partial charge is 0.322 e. The summed E-state index contributed by atoms with van der Waals surface area (Å²) in [6.07, 6.45) is 0.865. The van der Waals surface area contributed by atoms with Gasteiger partial charge in [0.25, 0.3) is 5.91 Å². The lowest BCUT2D eigenvalue weighted by atomic mass is 9.85. The zero-order valence-electron chi connectivity index (χ0n) is 7.60. The van der Waals surface area contributed by atoms with Crippen molar-refractivity contribution in [3.63, 3.8) is 0 Å². The Morgan fingerprint density at radius 1 is 1.50 bits per heavy atom. The van der Waals surface area contributed by atoms with Gasteiger partial charge in [-0.2, -0.15) is 0 Å². The van der Waals surface area contributed by atoms with Crippen LogP contribution in [0, 0.1) is 5.92 Å². The normalized spacial score (nSPS) is 31.2. The molecule has 0 bridgehead atoms. The summed E-state index contributed by atoms with van der Waals surface area (Å²) in [7, 11) is 0. The van der Waals surface area contributed by atoms with Gasteiger partial charge in [0.15, 0.2) is 0 Å². The third-order valence-corrected chi connectivity index (χ3v) is 2.67. The van der Waals surface area contributed by atoms with E-state index in [-0.39, 0.29) is 17.9 Å². The number of hydrogen-bond acceptors (Lipinski definition) is 2. The van der Waals surface area contributed by atoms with E-state index in [1.165, 1.54) is 0 Å². The fraction of sp³-hybridized carbons (Fsp3) is 0.750. The highest BCUT2D eigenvalue weighted by molar-refractivity contribution is 6.06. The minimum Gasteiger partial charge on any atom is -0.323 e. The minimum absolute atomic E-state index is 0.156. The van der Waals surface area contributed by atoms with Gasteiger partial charge in [-0.3, -0.25) is 10.1 Å². The largest absolute Gasteiger partial charge is 0.323 e. The number of urea groups is 1. The van der Waals surface area contributed by atoms with Gasteiger partial charge in [0.05, 0.1) is 0 Å². The molecular weight excluding hydrogens is 156 g/mol. The molecule has 0 aromatic rings. The van der Waals surface area contributed by atoms with Crippen LogP contribution in [0.4, 0.5) is 4.79 Å². The third kappa shape index (κ3) is 1.17. The Balaban J connectivity index is 2.84. The summed E-state index contributed by atoms with van der Waals surface area (Å²) in [5.41, 5.74) is -0.716. The highest BCUT2D eigenvalue weighted by Crippen LogP contribution is 2.22. The summed E-state index contributed by atoms with van der Waals surface area (Å²) in [6, 6.07) is -0.386. The number of carbonyl (C=O) groups excluding carboxylic acids is 2. The Morgan fingerprint density at radius 2 is 2.08 bits per heavy atom. The van der Waals surface area contributed by atoms with Crippen LogP contribution in [0.25, 0.3) is 0 Å². The Morgan fingerprint density at radius 3 is 2.42 bits per heavy atom. The van der Waals surface area contributed by atoms with E-state index in [2.05, 4.69) is 10.6 Å². The highest BCUT2D eigenvalue weighted by Gasteiger charge is 2.45. The molecule has 1 fully saturated rings. The predicted octanol–water partition coefficient (Wildman–Crippen LogP) is 0.631. The second kappa shape index (κ2) is 2.77. The lowest BCUT2D eigenvalue weighted by Crippen LogP contribution is -2.49. The molecule has 4 nitrogen and oxygen atoms in total. The molecule has 0 radical (unpaired) electrons. The van der Waals surface area contributed by atoms with Crippen LogP contribution < -0.4 is 10.6 Å². The maximum Gasteiger partial charge on any atom is 0.322 e. The van der Waals surface area contributed by atoms with Crippen molar-refractivity contribution in [2.75, 3.05) is 0 Å². The molecule has 0 aliphatic carbocycles. The molecule has 1 rings (SSSR count). The molecule has 1 aliphatic rings. The van der Waals surface area contributed by atoms with Crippen molar-refractivity contribution < 1.29 is 9.59 Å².